The van der Waals surface area contributed by atoms with Gasteiger partial charge in [0.05, 0.1) is 24.4 Å². The Hall–Kier alpha value is -1.40. The van der Waals surface area contributed by atoms with Gasteiger partial charge in [0, 0.05) is 26.4 Å². The Morgan fingerprint density at radius 2 is 2.17 bits per heavy atom. The van der Waals surface area contributed by atoms with E-state index < -0.39 is 8.07 Å². The van der Waals surface area contributed by atoms with Crippen LogP contribution in [0.5, 0.6) is 0 Å². The van der Waals surface area contributed by atoms with Gasteiger partial charge in [0.25, 0.3) is 0 Å². The largest absolute Gasteiger partial charge is 0.360 e. The third-order valence-corrected chi connectivity index (χ3v) is 4.37. The van der Waals surface area contributed by atoms with Gasteiger partial charge in [-0.25, -0.2) is 9.67 Å². The summed E-state index contributed by atoms with van der Waals surface area (Å²) in [4.78, 5) is 7.05. The van der Waals surface area contributed by atoms with Gasteiger partial charge >= 0.3 is 0 Å². The summed E-state index contributed by atoms with van der Waals surface area (Å²) in [6.45, 7) is 8.37. The Morgan fingerprint density at radius 3 is 2.83 bits per heavy atom. The molecule has 2 heterocycles. The molecular weight excluding hydrogens is 244 g/mol. The summed E-state index contributed by atoms with van der Waals surface area (Å²) in [7, 11) is -1.00. The minimum absolute atomic E-state index is 0.513. The monoisotopic (exact) mass is 264 g/mol. The maximum Gasteiger partial charge on any atom is 0.139 e. The number of nitrogens with one attached hydrogen (secondary N) is 1. The zero-order chi connectivity index (χ0) is 13.0. The summed E-state index contributed by atoms with van der Waals surface area (Å²) in [5, 5.41) is 4.26. The smallest absolute Gasteiger partial charge is 0.139 e. The van der Waals surface area contributed by atoms with E-state index in [4.69, 9.17) is 4.74 Å². The zero-order valence-electron chi connectivity index (χ0n) is 11.2. The number of ether oxygens (including phenoxy) is 1. The first-order valence-electron chi connectivity index (χ1n) is 6.13. The molecule has 0 spiro atoms. The first-order valence-corrected chi connectivity index (χ1v) is 9.84. The third kappa shape index (κ3) is 3.81. The van der Waals surface area contributed by atoms with Gasteiger partial charge in [-0.05, 0) is 6.04 Å². The van der Waals surface area contributed by atoms with Gasteiger partial charge in [-0.1, -0.05) is 19.6 Å². The number of aromatic amines is 1. The SMILES string of the molecule is C[Si](C)(C)CCOCn1cc(-c2cnc[nH]2)cn1. The number of hydrogen-bond acceptors (Lipinski definition) is 3. The molecule has 1 N–H and O–H groups in total. The Kier molecular flexibility index (Phi) is 3.98. The topological polar surface area (TPSA) is 55.7 Å². The lowest BCUT2D eigenvalue weighted by molar-refractivity contribution is 0.0786. The van der Waals surface area contributed by atoms with Crippen LogP contribution in [0.15, 0.2) is 24.9 Å². The molecule has 6 heteroatoms. The molecule has 0 aliphatic rings. The van der Waals surface area contributed by atoms with Gasteiger partial charge in [0.1, 0.15) is 6.73 Å². The van der Waals surface area contributed by atoms with Crippen LogP contribution in [0.4, 0.5) is 0 Å². The average Bonchev–Trinajstić information content (AvgIpc) is 2.93. The average molecular weight is 264 g/mol. The second kappa shape index (κ2) is 5.49. The number of nitrogens with zero attached hydrogens (tertiary/aromatic N) is 3. The molecule has 0 aromatic carbocycles. The highest BCUT2D eigenvalue weighted by Crippen LogP contribution is 2.14. The van der Waals surface area contributed by atoms with Crippen molar-refractivity contribution in [3.8, 4) is 11.3 Å². The van der Waals surface area contributed by atoms with Crippen molar-refractivity contribution in [3.63, 3.8) is 0 Å². The highest BCUT2D eigenvalue weighted by Gasteiger charge is 2.12. The molecule has 0 aliphatic heterocycles. The van der Waals surface area contributed by atoms with E-state index in [0.717, 1.165) is 17.9 Å². The maximum atomic E-state index is 5.64. The first kappa shape index (κ1) is 13.0. The standard InChI is InChI=1S/C12H20N4OSi/c1-18(2,3)5-4-17-10-16-8-11(6-15-16)12-7-13-9-14-12/h6-9H,4-5,10H2,1-3H3,(H,13,14). The molecule has 0 amide bonds. The fraction of sp³-hybridized carbons (Fsp3) is 0.500. The summed E-state index contributed by atoms with van der Waals surface area (Å²) in [5.41, 5.74) is 2.00. The molecule has 0 atom stereocenters. The van der Waals surface area contributed by atoms with Crippen molar-refractivity contribution in [1.29, 1.82) is 0 Å². The van der Waals surface area contributed by atoms with Gasteiger partial charge in [0.2, 0.25) is 0 Å². The lowest BCUT2D eigenvalue weighted by atomic mass is 10.3. The Bertz CT molecular complexity index is 472. The Labute approximate surface area is 108 Å². The van der Waals surface area contributed by atoms with Crippen LogP contribution in [0, 0.1) is 0 Å². The minimum atomic E-state index is -1.00. The Morgan fingerprint density at radius 1 is 1.33 bits per heavy atom. The molecular formula is C12H20N4OSi. The van der Waals surface area contributed by atoms with Crippen LogP contribution >= 0.6 is 0 Å². The van der Waals surface area contributed by atoms with E-state index >= 15 is 0 Å². The van der Waals surface area contributed by atoms with E-state index in [0.29, 0.717) is 6.73 Å². The molecule has 2 rings (SSSR count). The van der Waals surface area contributed by atoms with Gasteiger partial charge < -0.3 is 9.72 Å². The van der Waals surface area contributed by atoms with Gasteiger partial charge in [-0.2, -0.15) is 5.10 Å². The number of H-pyrrole nitrogens is 1. The fourth-order valence-corrected chi connectivity index (χ4v) is 2.28. The first-order chi connectivity index (χ1) is 8.54. The van der Waals surface area contributed by atoms with Crippen molar-refractivity contribution in [2.24, 2.45) is 0 Å². The number of imidazole rings is 1. The van der Waals surface area contributed by atoms with Crippen LogP contribution in [0.3, 0.4) is 0 Å². The van der Waals surface area contributed by atoms with E-state index in [1.807, 2.05) is 12.4 Å². The molecule has 0 saturated carbocycles. The molecule has 18 heavy (non-hydrogen) atoms. The lowest BCUT2D eigenvalue weighted by Crippen LogP contribution is -2.22. The number of rotatable bonds is 6. The van der Waals surface area contributed by atoms with Crippen molar-refractivity contribution in [2.45, 2.75) is 32.4 Å². The van der Waals surface area contributed by atoms with Crippen molar-refractivity contribution in [2.75, 3.05) is 6.61 Å². The second-order valence-electron chi connectivity index (χ2n) is 5.58. The van der Waals surface area contributed by atoms with Crippen molar-refractivity contribution in [1.82, 2.24) is 19.7 Å². The van der Waals surface area contributed by atoms with E-state index in [1.54, 1.807) is 17.2 Å². The molecule has 0 radical (unpaired) electrons. The summed E-state index contributed by atoms with van der Waals surface area (Å²) >= 11 is 0. The molecule has 0 bridgehead atoms. The summed E-state index contributed by atoms with van der Waals surface area (Å²) in [6, 6.07) is 1.18. The van der Waals surface area contributed by atoms with E-state index in [9.17, 15) is 0 Å². The highest BCUT2D eigenvalue weighted by atomic mass is 28.3. The normalized spacial score (nSPS) is 11.9. The molecule has 2 aromatic heterocycles. The number of aromatic nitrogens is 4. The summed E-state index contributed by atoms with van der Waals surface area (Å²) < 4.78 is 7.44. The molecule has 0 fully saturated rings. The molecule has 0 unspecified atom stereocenters. The zero-order valence-corrected chi connectivity index (χ0v) is 12.2. The van der Waals surface area contributed by atoms with Crippen molar-refractivity contribution in [3.05, 3.63) is 24.9 Å². The minimum Gasteiger partial charge on any atom is -0.360 e. The summed E-state index contributed by atoms with van der Waals surface area (Å²) in [6.07, 6.45) is 7.22. The lowest BCUT2D eigenvalue weighted by Gasteiger charge is -2.15. The Balaban J connectivity index is 1.81. The van der Waals surface area contributed by atoms with Gasteiger partial charge in [-0.3, -0.25) is 0 Å². The molecule has 2 aromatic rings. The predicted molar refractivity (Wildman–Crippen MR) is 73.9 cm³/mol. The van der Waals surface area contributed by atoms with Crippen LogP contribution in [-0.2, 0) is 11.5 Å². The quantitative estimate of drug-likeness (QED) is 0.644. The van der Waals surface area contributed by atoms with Gasteiger partial charge in [0.15, 0.2) is 0 Å². The molecule has 98 valence electrons. The van der Waals surface area contributed by atoms with Crippen LogP contribution in [0.1, 0.15) is 0 Å². The highest BCUT2D eigenvalue weighted by molar-refractivity contribution is 6.76. The van der Waals surface area contributed by atoms with Crippen LogP contribution < -0.4 is 0 Å². The predicted octanol–water partition coefficient (Wildman–Crippen LogP) is 2.59. The van der Waals surface area contributed by atoms with E-state index in [-0.39, 0.29) is 0 Å². The van der Waals surface area contributed by atoms with Crippen molar-refractivity contribution >= 4 is 8.07 Å². The fourth-order valence-electron chi connectivity index (χ4n) is 1.52. The third-order valence-electron chi connectivity index (χ3n) is 2.66. The second-order valence-corrected chi connectivity index (χ2v) is 11.2. The number of hydrogen-bond donors (Lipinski definition) is 1. The molecule has 0 saturated heterocycles. The molecule has 5 nitrogen and oxygen atoms in total. The van der Waals surface area contributed by atoms with Crippen LogP contribution in [0.25, 0.3) is 11.3 Å². The summed E-state index contributed by atoms with van der Waals surface area (Å²) in [5.74, 6) is 0. The maximum absolute atomic E-state index is 5.64. The van der Waals surface area contributed by atoms with Crippen molar-refractivity contribution < 1.29 is 4.74 Å². The van der Waals surface area contributed by atoms with E-state index in [1.165, 1.54) is 6.04 Å². The van der Waals surface area contributed by atoms with Crippen LogP contribution in [0.2, 0.25) is 25.7 Å². The van der Waals surface area contributed by atoms with Gasteiger partial charge in [-0.15, -0.1) is 0 Å². The molecule has 0 aliphatic carbocycles. The van der Waals surface area contributed by atoms with Crippen LogP contribution in [-0.4, -0.2) is 34.4 Å². The van der Waals surface area contributed by atoms with E-state index in [2.05, 4.69) is 34.7 Å².